The summed E-state index contributed by atoms with van der Waals surface area (Å²) in [5, 5.41) is 0. The number of hydrogen-bond acceptors (Lipinski definition) is 3. The van der Waals surface area contributed by atoms with Gasteiger partial charge in [0.25, 0.3) is 0 Å². The third kappa shape index (κ3) is 2.54. The SMILES string of the molecule is COc1cc(C)cc(C)c1C(NN)C(C)C. The predicted octanol–water partition coefficient (Wildman–Crippen LogP) is 2.47. The van der Waals surface area contributed by atoms with Crippen LogP contribution in [0.4, 0.5) is 0 Å². The van der Waals surface area contributed by atoms with Gasteiger partial charge in [-0.05, 0) is 37.0 Å². The first-order valence-electron chi connectivity index (χ1n) is 5.62. The highest BCUT2D eigenvalue weighted by Gasteiger charge is 2.20. The van der Waals surface area contributed by atoms with E-state index in [1.807, 2.05) is 0 Å². The van der Waals surface area contributed by atoms with Gasteiger partial charge >= 0.3 is 0 Å². The molecule has 3 N–H and O–H groups in total. The number of methoxy groups -OCH3 is 1. The molecule has 3 heteroatoms. The Morgan fingerprint density at radius 3 is 2.31 bits per heavy atom. The van der Waals surface area contributed by atoms with Crippen LogP contribution in [0.5, 0.6) is 5.75 Å². The third-order valence-electron chi connectivity index (χ3n) is 2.87. The van der Waals surface area contributed by atoms with Gasteiger partial charge in [-0.15, -0.1) is 0 Å². The van der Waals surface area contributed by atoms with Crippen LogP contribution in [0.2, 0.25) is 0 Å². The van der Waals surface area contributed by atoms with Crippen LogP contribution in [0.3, 0.4) is 0 Å². The standard InChI is InChI=1S/C13H22N2O/c1-8(2)13(15-14)12-10(4)6-9(3)7-11(12)16-5/h6-8,13,15H,14H2,1-5H3. The van der Waals surface area contributed by atoms with Gasteiger partial charge in [0.05, 0.1) is 13.2 Å². The van der Waals surface area contributed by atoms with Crippen molar-refractivity contribution in [3.05, 3.63) is 28.8 Å². The number of nitrogens with one attached hydrogen (secondary N) is 1. The zero-order chi connectivity index (χ0) is 12.3. The quantitative estimate of drug-likeness (QED) is 0.607. The molecule has 0 aliphatic heterocycles. The summed E-state index contributed by atoms with van der Waals surface area (Å²) in [6.07, 6.45) is 0. The fourth-order valence-corrected chi connectivity index (χ4v) is 2.12. The number of hydrogen-bond donors (Lipinski definition) is 2. The fraction of sp³-hybridized carbons (Fsp3) is 0.538. The molecule has 0 aliphatic rings. The molecule has 0 fully saturated rings. The van der Waals surface area contributed by atoms with Crippen LogP contribution in [-0.4, -0.2) is 7.11 Å². The van der Waals surface area contributed by atoms with E-state index in [1.54, 1.807) is 7.11 Å². The van der Waals surface area contributed by atoms with Crippen molar-refractivity contribution in [1.29, 1.82) is 0 Å². The maximum absolute atomic E-state index is 5.63. The Balaban J connectivity index is 3.29. The van der Waals surface area contributed by atoms with Gasteiger partial charge in [0.2, 0.25) is 0 Å². The summed E-state index contributed by atoms with van der Waals surface area (Å²) in [6.45, 7) is 8.45. The second-order valence-electron chi connectivity index (χ2n) is 4.59. The predicted molar refractivity (Wildman–Crippen MR) is 67.4 cm³/mol. The van der Waals surface area contributed by atoms with Gasteiger partial charge in [0, 0.05) is 5.56 Å². The highest BCUT2D eigenvalue weighted by Crippen LogP contribution is 2.33. The third-order valence-corrected chi connectivity index (χ3v) is 2.87. The molecule has 0 radical (unpaired) electrons. The molecule has 1 aromatic rings. The number of aryl methyl sites for hydroxylation is 2. The van der Waals surface area contributed by atoms with E-state index in [1.165, 1.54) is 11.1 Å². The van der Waals surface area contributed by atoms with Gasteiger partial charge in [-0.3, -0.25) is 11.3 Å². The van der Waals surface area contributed by atoms with Gasteiger partial charge in [-0.2, -0.15) is 0 Å². The average Bonchev–Trinajstić information content (AvgIpc) is 2.21. The monoisotopic (exact) mass is 222 g/mol. The van der Waals surface area contributed by atoms with Crippen molar-refractivity contribution < 1.29 is 4.74 Å². The molecule has 0 saturated heterocycles. The van der Waals surface area contributed by atoms with Gasteiger partial charge in [-0.25, -0.2) is 0 Å². The van der Waals surface area contributed by atoms with E-state index in [-0.39, 0.29) is 6.04 Å². The molecule has 1 unspecified atom stereocenters. The van der Waals surface area contributed by atoms with Crippen LogP contribution in [0.1, 0.15) is 36.6 Å². The summed E-state index contributed by atoms with van der Waals surface area (Å²) in [5.41, 5.74) is 6.45. The molecule has 1 aromatic carbocycles. The average molecular weight is 222 g/mol. The van der Waals surface area contributed by atoms with E-state index in [9.17, 15) is 0 Å². The molecule has 0 heterocycles. The van der Waals surface area contributed by atoms with Crippen molar-refractivity contribution in [1.82, 2.24) is 5.43 Å². The maximum atomic E-state index is 5.63. The highest BCUT2D eigenvalue weighted by molar-refractivity contribution is 5.45. The molecule has 3 nitrogen and oxygen atoms in total. The molecule has 16 heavy (non-hydrogen) atoms. The fourth-order valence-electron chi connectivity index (χ4n) is 2.12. The van der Waals surface area contributed by atoms with Crippen LogP contribution in [-0.2, 0) is 0 Å². The first kappa shape index (κ1) is 13.0. The number of hydrazine groups is 1. The van der Waals surface area contributed by atoms with E-state index < -0.39 is 0 Å². The minimum atomic E-state index is 0.121. The van der Waals surface area contributed by atoms with Gasteiger partial charge in [0.15, 0.2) is 0 Å². The number of ether oxygens (including phenoxy) is 1. The zero-order valence-corrected chi connectivity index (χ0v) is 10.8. The number of rotatable bonds is 4. The summed E-state index contributed by atoms with van der Waals surface area (Å²) < 4.78 is 5.44. The zero-order valence-electron chi connectivity index (χ0n) is 10.8. The first-order chi connectivity index (χ1) is 7.51. The van der Waals surface area contributed by atoms with Crippen molar-refractivity contribution in [2.24, 2.45) is 11.8 Å². The van der Waals surface area contributed by atoms with Crippen LogP contribution in [0.15, 0.2) is 12.1 Å². The van der Waals surface area contributed by atoms with E-state index >= 15 is 0 Å². The van der Waals surface area contributed by atoms with Crippen molar-refractivity contribution in [3.63, 3.8) is 0 Å². The molecule has 0 aromatic heterocycles. The Bertz CT molecular complexity index is 361. The summed E-state index contributed by atoms with van der Waals surface area (Å²) in [5.74, 6) is 6.96. The lowest BCUT2D eigenvalue weighted by Crippen LogP contribution is -2.32. The van der Waals surface area contributed by atoms with Crippen molar-refractivity contribution in [2.75, 3.05) is 7.11 Å². The van der Waals surface area contributed by atoms with E-state index in [4.69, 9.17) is 10.6 Å². The lowest BCUT2D eigenvalue weighted by Gasteiger charge is -2.24. The van der Waals surface area contributed by atoms with E-state index in [2.05, 4.69) is 45.3 Å². The largest absolute Gasteiger partial charge is 0.496 e. The van der Waals surface area contributed by atoms with Crippen LogP contribution < -0.4 is 16.0 Å². The summed E-state index contributed by atoms with van der Waals surface area (Å²) >= 11 is 0. The smallest absolute Gasteiger partial charge is 0.124 e. The lowest BCUT2D eigenvalue weighted by molar-refractivity contribution is 0.372. The van der Waals surface area contributed by atoms with Crippen LogP contribution >= 0.6 is 0 Å². The van der Waals surface area contributed by atoms with E-state index in [0.29, 0.717) is 5.92 Å². The molecule has 1 rings (SSSR count). The Morgan fingerprint density at radius 2 is 1.88 bits per heavy atom. The van der Waals surface area contributed by atoms with Crippen LogP contribution in [0, 0.1) is 19.8 Å². The summed E-state index contributed by atoms with van der Waals surface area (Å²) in [7, 11) is 1.70. The van der Waals surface area contributed by atoms with Crippen molar-refractivity contribution >= 4 is 0 Å². The summed E-state index contributed by atoms with van der Waals surface area (Å²) in [4.78, 5) is 0. The molecule has 0 bridgehead atoms. The minimum Gasteiger partial charge on any atom is -0.496 e. The molecule has 0 spiro atoms. The first-order valence-corrected chi connectivity index (χ1v) is 5.62. The Labute approximate surface area is 98.0 Å². The van der Waals surface area contributed by atoms with Crippen molar-refractivity contribution in [3.8, 4) is 5.75 Å². The van der Waals surface area contributed by atoms with Gasteiger partial charge < -0.3 is 4.74 Å². The second kappa shape index (κ2) is 5.32. The Hall–Kier alpha value is -1.06. The lowest BCUT2D eigenvalue weighted by atomic mass is 9.91. The highest BCUT2D eigenvalue weighted by atomic mass is 16.5. The minimum absolute atomic E-state index is 0.121. The van der Waals surface area contributed by atoms with Crippen LogP contribution in [0.25, 0.3) is 0 Å². The molecule has 1 atom stereocenters. The molecular weight excluding hydrogens is 200 g/mol. The normalized spacial score (nSPS) is 12.9. The molecule has 90 valence electrons. The summed E-state index contributed by atoms with van der Waals surface area (Å²) in [6, 6.07) is 4.33. The Kier molecular flexibility index (Phi) is 4.33. The molecule has 0 saturated carbocycles. The van der Waals surface area contributed by atoms with Crippen molar-refractivity contribution in [2.45, 2.75) is 33.7 Å². The topological polar surface area (TPSA) is 47.3 Å². The second-order valence-corrected chi connectivity index (χ2v) is 4.59. The van der Waals surface area contributed by atoms with Gasteiger partial charge in [0.1, 0.15) is 5.75 Å². The van der Waals surface area contributed by atoms with Gasteiger partial charge in [-0.1, -0.05) is 19.9 Å². The molecular formula is C13H22N2O. The Morgan fingerprint density at radius 1 is 1.25 bits per heavy atom. The maximum Gasteiger partial charge on any atom is 0.124 e. The molecule has 0 aliphatic carbocycles. The number of benzene rings is 1. The van der Waals surface area contributed by atoms with E-state index in [0.717, 1.165) is 11.3 Å². The number of nitrogens with two attached hydrogens (primary N) is 1. The molecule has 0 amide bonds.